The summed E-state index contributed by atoms with van der Waals surface area (Å²) in [6.45, 7) is 6.30. The van der Waals surface area contributed by atoms with E-state index in [1.807, 2.05) is 19.1 Å². The standard InChI is InChI=1S/C13H21NO.ClH/c1-9(2)4-6-12(14)11-5-7-13(15)10(3)8-11;/h5,7-9,12,15H,4,6,14H2,1-3H3;1H/t12-;/m1./s1. The molecule has 0 fully saturated rings. The number of nitrogens with two attached hydrogens (primary N) is 1. The van der Waals surface area contributed by atoms with Crippen molar-refractivity contribution in [3.63, 3.8) is 0 Å². The molecule has 92 valence electrons. The Morgan fingerprint density at radius 2 is 1.88 bits per heavy atom. The van der Waals surface area contributed by atoms with E-state index in [1.54, 1.807) is 6.07 Å². The normalized spacial score (nSPS) is 12.3. The number of hydrogen-bond donors (Lipinski definition) is 2. The highest BCUT2D eigenvalue weighted by Gasteiger charge is 2.08. The van der Waals surface area contributed by atoms with Crippen LogP contribution in [0.3, 0.4) is 0 Å². The van der Waals surface area contributed by atoms with E-state index >= 15 is 0 Å². The van der Waals surface area contributed by atoms with E-state index in [0.29, 0.717) is 11.7 Å². The zero-order valence-corrected chi connectivity index (χ0v) is 11.1. The van der Waals surface area contributed by atoms with E-state index in [9.17, 15) is 5.11 Å². The fraction of sp³-hybridized carbons (Fsp3) is 0.538. The molecule has 1 aromatic carbocycles. The highest BCUT2D eigenvalue weighted by molar-refractivity contribution is 5.85. The van der Waals surface area contributed by atoms with Crippen LogP contribution in [0.1, 0.15) is 43.9 Å². The lowest BCUT2D eigenvalue weighted by molar-refractivity contribution is 0.469. The van der Waals surface area contributed by atoms with Crippen molar-refractivity contribution in [3.8, 4) is 5.75 Å². The van der Waals surface area contributed by atoms with E-state index in [0.717, 1.165) is 24.0 Å². The third-order valence-electron chi connectivity index (χ3n) is 2.70. The molecule has 2 nitrogen and oxygen atoms in total. The lowest BCUT2D eigenvalue weighted by atomic mass is 9.97. The van der Waals surface area contributed by atoms with Crippen molar-refractivity contribution in [1.82, 2.24) is 0 Å². The van der Waals surface area contributed by atoms with Crippen molar-refractivity contribution in [2.45, 2.75) is 39.7 Å². The molecular formula is C13H22ClNO. The van der Waals surface area contributed by atoms with Crippen LogP contribution in [0.4, 0.5) is 0 Å². The molecule has 0 amide bonds. The number of halogens is 1. The summed E-state index contributed by atoms with van der Waals surface area (Å²) < 4.78 is 0. The van der Waals surface area contributed by atoms with E-state index in [-0.39, 0.29) is 18.4 Å². The predicted octanol–water partition coefficient (Wildman–Crippen LogP) is 3.56. The second kappa shape index (κ2) is 6.77. The average molecular weight is 244 g/mol. The fourth-order valence-electron chi connectivity index (χ4n) is 1.59. The summed E-state index contributed by atoms with van der Waals surface area (Å²) in [5, 5.41) is 9.40. The zero-order chi connectivity index (χ0) is 11.4. The van der Waals surface area contributed by atoms with Crippen LogP contribution >= 0.6 is 12.4 Å². The van der Waals surface area contributed by atoms with Gasteiger partial charge in [0.25, 0.3) is 0 Å². The number of benzene rings is 1. The summed E-state index contributed by atoms with van der Waals surface area (Å²) in [7, 11) is 0. The minimum absolute atomic E-state index is 0. The Morgan fingerprint density at radius 1 is 1.25 bits per heavy atom. The van der Waals surface area contributed by atoms with E-state index in [2.05, 4.69) is 13.8 Å². The number of aromatic hydroxyl groups is 1. The molecule has 0 saturated heterocycles. The van der Waals surface area contributed by atoms with Gasteiger partial charge in [0.2, 0.25) is 0 Å². The second-order valence-corrected chi connectivity index (χ2v) is 4.62. The Hall–Kier alpha value is -0.730. The van der Waals surface area contributed by atoms with Crippen LogP contribution < -0.4 is 5.73 Å². The number of rotatable bonds is 4. The summed E-state index contributed by atoms with van der Waals surface area (Å²) in [6.07, 6.45) is 2.14. The van der Waals surface area contributed by atoms with Gasteiger partial charge in [-0.3, -0.25) is 0 Å². The maximum Gasteiger partial charge on any atom is 0.118 e. The monoisotopic (exact) mass is 243 g/mol. The highest BCUT2D eigenvalue weighted by Crippen LogP contribution is 2.23. The molecule has 0 saturated carbocycles. The SMILES string of the molecule is Cc1cc([C@H](N)CCC(C)C)ccc1O.Cl. The number of hydrogen-bond acceptors (Lipinski definition) is 2. The van der Waals surface area contributed by atoms with Crippen molar-refractivity contribution >= 4 is 12.4 Å². The van der Waals surface area contributed by atoms with Gasteiger partial charge in [-0.2, -0.15) is 0 Å². The van der Waals surface area contributed by atoms with Crippen LogP contribution in [-0.4, -0.2) is 5.11 Å². The van der Waals surface area contributed by atoms with Crippen molar-refractivity contribution in [2.75, 3.05) is 0 Å². The molecule has 1 atom stereocenters. The van der Waals surface area contributed by atoms with E-state index in [4.69, 9.17) is 5.73 Å². The summed E-state index contributed by atoms with van der Waals surface area (Å²) in [4.78, 5) is 0. The average Bonchev–Trinajstić information content (AvgIpc) is 2.18. The molecule has 0 aliphatic rings. The Bertz CT molecular complexity index is 326. The molecule has 0 radical (unpaired) electrons. The minimum atomic E-state index is 0. The summed E-state index contributed by atoms with van der Waals surface area (Å²) in [5.74, 6) is 1.03. The molecule has 0 aromatic heterocycles. The first kappa shape index (κ1) is 15.3. The smallest absolute Gasteiger partial charge is 0.118 e. The summed E-state index contributed by atoms with van der Waals surface area (Å²) in [5.41, 5.74) is 8.09. The van der Waals surface area contributed by atoms with Gasteiger partial charge in [0.15, 0.2) is 0 Å². The van der Waals surface area contributed by atoms with Crippen LogP contribution in [0.2, 0.25) is 0 Å². The van der Waals surface area contributed by atoms with Crippen molar-refractivity contribution in [1.29, 1.82) is 0 Å². The molecule has 0 heterocycles. The number of aryl methyl sites for hydroxylation is 1. The number of phenolic OH excluding ortho intramolecular Hbond substituents is 1. The van der Waals surface area contributed by atoms with Gasteiger partial charge >= 0.3 is 0 Å². The van der Waals surface area contributed by atoms with Crippen LogP contribution in [0.5, 0.6) is 5.75 Å². The maximum atomic E-state index is 9.40. The molecule has 1 rings (SSSR count). The summed E-state index contributed by atoms with van der Waals surface area (Å²) in [6, 6.07) is 5.69. The largest absolute Gasteiger partial charge is 0.508 e. The molecule has 0 spiro atoms. The van der Waals surface area contributed by atoms with Crippen molar-refractivity contribution in [2.24, 2.45) is 11.7 Å². The Kier molecular flexibility index (Phi) is 6.46. The fourth-order valence-corrected chi connectivity index (χ4v) is 1.59. The predicted molar refractivity (Wildman–Crippen MR) is 71.1 cm³/mol. The van der Waals surface area contributed by atoms with Gasteiger partial charge in [0.1, 0.15) is 5.75 Å². The first-order chi connectivity index (χ1) is 7.00. The van der Waals surface area contributed by atoms with Gasteiger partial charge in [0.05, 0.1) is 0 Å². The first-order valence-corrected chi connectivity index (χ1v) is 5.55. The highest BCUT2D eigenvalue weighted by atomic mass is 35.5. The van der Waals surface area contributed by atoms with E-state index in [1.165, 1.54) is 0 Å². The molecule has 0 aliphatic heterocycles. The minimum Gasteiger partial charge on any atom is -0.508 e. The lowest BCUT2D eigenvalue weighted by Gasteiger charge is -2.14. The van der Waals surface area contributed by atoms with Gasteiger partial charge in [-0.05, 0) is 42.9 Å². The maximum absolute atomic E-state index is 9.40. The van der Waals surface area contributed by atoms with Crippen molar-refractivity contribution < 1.29 is 5.11 Å². The Labute approximate surface area is 104 Å². The molecule has 0 bridgehead atoms. The van der Waals surface area contributed by atoms with Crippen LogP contribution in [0.25, 0.3) is 0 Å². The van der Waals surface area contributed by atoms with Crippen LogP contribution in [0.15, 0.2) is 18.2 Å². The van der Waals surface area contributed by atoms with Crippen molar-refractivity contribution in [3.05, 3.63) is 29.3 Å². The lowest BCUT2D eigenvalue weighted by Crippen LogP contribution is -2.11. The molecule has 1 aromatic rings. The van der Waals surface area contributed by atoms with Crippen LogP contribution in [-0.2, 0) is 0 Å². The number of phenols is 1. The van der Waals surface area contributed by atoms with E-state index < -0.39 is 0 Å². The first-order valence-electron chi connectivity index (χ1n) is 5.55. The Morgan fingerprint density at radius 3 is 2.38 bits per heavy atom. The third kappa shape index (κ3) is 4.42. The zero-order valence-electron chi connectivity index (χ0n) is 10.2. The molecule has 3 N–H and O–H groups in total. The molecule has 16 heavy (non-hydrogen) atoms. The topological polar surface area (TPSA) is 46.2 Å². The molecule has 0 aliphatic carbocycles. The quantitative estimate of drug-likeness (QED) is 0.850. The van der Waals surface area contributed by atoms with Gasteiger partial charge in [0, 0.05) is 6.04 Å². The third-order valence-corrected chi connectivity index (χ3v) is 2.70. The van der Waals surface area contributed by atoms with Gasteiger partial charge in [-0.1, -0.05) is 26.0 Å². The summed E-state index contributed by atoms with van der Waals surface area (Å²) >= 11 is 0. The van der Waals surface area contributed by atoms with Gasteiger partial charge in [-0.25, -0.2) is 0 Å². The molecule has 0 unspecified atom stereocenters. The second-order valence-electron chi connectivity index (χ2n) is 4.62. The van der Waals surface area contributed by atoms with Gasteiger partial charge in [-0.15, -0.1) is 12.4 Å². The molecule has 3 heteroatoms. The van der Waals surface area contributed by atoms with Crippen LogP contribution in [0, 0.1) is 12.8 Å². The van der Waals surface area contributed by atoms with Gasteiger partial charge < -0.3 is 10.8 Å². The molecular weight excluding hydrogens is 222 g/mol. The Balaban J connectivity index is 0.00000225.